The van der Waals surface area contributed by atoms with E-state index in [2.05, 4.69) is 20.6 Å². The van der Waals surface area contributed by atoms with Crippen molar-refractivity contribution in [3.63, 3.8) is 0 Å². The van der Waals surface area contributed by atoms with Gasteiger partial charge in [-0.3, -0.25) is 9.59 Å². The van der Waals surface area contributed by atoms with Crippen molar-refractivity contribution in [1.82, 2.24) is 19.9 Å². The van der Waals surface area contributed by atoms with E-state index in [4.69, 9.17) is 27.9 Å². The van der Waals surface area contributed by atoms with Crippen molar-refractivity contribution >= 4 is 57.4 Å². The first-order chi connectivity index (χ1) is 16.4. The minimum atomic E-state index is -0.298. The third kappa shape index (κ3) is 5.84. The van der Waals surface area contributed by atoms with Crippen LogP contribution >= 0.6 is 23.2 Å². The van der Waals surface area contributed by atoms with Gasteiger partial charge in [-0.15, -0.1) is 0 Å². The Hall–Kier alpha value is -3.62. The second kappa shape index (κ2) is 10.5. The molecule has 0 unspecified atom stereocenters. The molecule has 1 amide bonds. The van der Waals surface area contributed by atoms with Crippen LogP contribution in [0.25, 0.3) is 11.0 Å². The molecule has 0 aliphatic carbocycles. The Kier molecular flexibility index (Phi) is 7.30. The van der Waals surface area contributed by atoms with E-state index in [1.54, 1.807) is 36.4 Å². The number of carbonyl (C=O) groups excluding carboxylic acids is 2. The number of rotatable bonds is 9. The summed E-state index contributed by atoms with van der Waals surface area (Å²) in [6, 6.07) is 14.3. The van der Waals surface area contributed by atoms with E-state index in [0.29, 0.717) is 46.1 Å². The van der Waals surface area contributed by atoms with Crippen LogP contribution in [0.2, 0.25) is 10.0 Å². The minimum Gasteiger partial charge on any atom is -0.456 e. The highest BCUT2D eigenvalue weighted by Crippen LogP contribution is 2.34. The molecule has 2 heterocycles. The lowest BCUT2D eigenvalue weighted by Gasteiger charge is -2.13. The number of nitrogens with zero attached hydrogens (tertiary/aromatic N) is 3. The van der Waals surface area contributed by atoms with Crippen molar-refractivity contribution < 1.29 is 14.3 Å². The highest BCUT2D eigenvalue weighted by atomic mass is 35.5. The highest BCUT2D eigenvalue weighted by molar-refractivity contribution is 6.32. The van der Waals surface area contributed by atoms with Crippen LogP contribution in [0.1, 0.15) is 13.3 Å². The van der Waals surface area contributed by atoms with Crippen LogP contribution in [0.4, 0.5) is 11.5 Å². The number of Topliss-reactive ketones (excluding diaryl/α,β-unsaturated/α-hetero) is 1. The molecule has 4 aromatic rings. The van der Waals surface area contributed by atoms with Crippen molar-refractivity contribution in [1.29, 1.82) is 0 Å². The molecule has 0 spiro atoms. The lowest BCUT2D eigenvalue weighted by molar-refractivity contribution is -0.127. The average Bonchev–Trinajstić information content (AvgIpc) is 3.19. The average molecular weight is 498 g/mol. The second-order valence-electron chi connectivity index (χ2n) is 7.52. The number of hydrogen-bond acceptors (Lipinski definition) is 6. The molecule has 2 aromatic heterocycles. The maximum absolute atomic E-state index is 11.7. The number of carbonyl (C=O) groups is 2. The molecular formula is C24H21Cl2N5O3. The van der Waals surface area contributed by atoms with Gasteiger partial charge in [0.15, 0.2) is 5.82 Å². The van der Waals surface area contributed by atoms with E-state index in [0.717, 1.165) is 11.0 Å². The summed E-state index contributed by atoms with van der Waals surface area (Å²) in [7, 11) is 0. The minimum absolute atomic E-state index is 0.125. The number of ether oxygens (including phenoxy) is 1. The first-order valence-corrected chi connectivity index (χ1v) is 11.2. The SMILES string of the molecule is CC(=O)CC(=O)NCCn1ccc2ncnc(Nc3ccc(Oc4cccc(Cl)c4)c(Cl)c3)c21. The molecule has 174 valence electrons. The molecule has 0 fully saturated rings. The summed E-state index contributed by atoms with van der Waals surface area (Å²) in [6.45, 7) is 2.24. The van der Waals surface area contributed by atoms with Crippen LogP contribution < -0.4 is 15.4 Å². The van der Waals surface area contributed by atoms with Crippen LogP contribution in [0.15, 0.2) is 61.1 Å². The summed E-state index contributed by atoms with van der Waals surface area (Å²) in [5, 5.41) is 7.00. The molecule has 0 bridgehead atoms. The summed E-state index contributed by atoms with van der Waals surface area (Å²) in [6.07, 6.45) is 3.22. The zero-order valence-electron chi connectivity index (χ0n) is 18.2. The number of nitrogens with one attached hydrogen (secondary N) is 2. The monoisotopic (exact) mass is 497 g/mol. The standard InChI is InChI=1S/C24H21Cl2N5O3/c1-15(32)11-22(33)27-8-10-31-9-7-20-23(31)24(29-14-28-20)30-17-5-6-21(19(26)13-17)34-18-4-2-3-16(25)12-18/h2-7,9,12-14H,8,10-11H2,1H3,(H,27,33)(H,28,29,30). The fourth-order valence-corrected chi connectivity index (χ4v) is 3.77. The molecule has 2 aromatic carbocycles. The van der Waals surface area contributed by atoms with Gasteiger partial charge in [0, 0.05) is 30.0 Å². The molecule has 0 saturated carbocycles. The first-order valence-electron chi connectivity index (χ1n) is 10.4. The Morgan fingerprint density at radius 1 is 1.09 bits per heavy atom. The van der Waals surface area contributed by atoms with Crippen molar-refractivity contribution in [3.8, 4) is 11.5 Å². The third-order valence-corrected chi connectivity index (χ3v) is 5.38. The fraction of sp³-hybridized carbons (Fsp3) is 0.167. The number of ketones is 1. The molecule has 34 heavy (non-hydrogen) atoms. The number of benzene rings is 2. The van der Waals surface area contributed by atoms with Crippen LogP contribution in [-0.2, 0) is 16.1 Å². The maximum atomic E-state index is 11.7. The topological polar surface area (TPSA) is 98.1 Å². The lowest BCUT2D eigenvalue weighted by Crippen LogP contribution is -2.28. The molecule has 10 heteroatoms. The smallest absolute Gasteiger partial charge is 0.227 e. The number of fused-ring (bicyclic) bond motifs is 1. The van der Waals surface area contributed by atoms with Gasteiger partial charge in [-0.25, -0.2) is 9.97 Å². The number of halogens is 2. The zero-order chi connectivity index (χ0) is 24.1. The predicted molar refractivity (Wildman–Crippen MR) is 132 cm³/mol. The molecule has 8 nitrogen and oxygen atoms in total. The largest absolute Gasteiger partial charge is 0.456 e. The Bertz CT molecular complexity index is 1360. The summed E-state index contributed by atoms with van der Waals surface area (Å²) in [5.74, 6) is 1.19. The van der Waals surface area contributed by atoms with Gasteiger partial charge in [0.2, 0.25) is 5.91 Å². The van der Waals surface area contributed by atoms with Gasteiger partial charge < -0.3 is 19.9 Å². The Balaban J connectivity index is 1.49. The second-order valence-corrected chi connectivity index (χ2v) is 8.37. The van der Waals surface area contributed by atoms with Crippen molar-refractivity contribution in [2.75, 3.05) is 11.9 Å². The van der Waals surface area contributed by atoms with Gasteiger partial charge >= 0.3 is 0 Å². The predicted octanol–water partition coefficient (Wildman–Crippen LogP) is 5.37. The van der Waals surface area contributed by atoms with Gasteiger partial charge in [-0.2, -0.15) is 0 Å². The van der Waals surface area contributed by atoms with Gasteiger partial charge in [0.1, 0.15) is 29.1 Å². The van der Waals surface area contributed by atoms with Crippen LogP contribution in [-0.4, -0.2) is 32.8 Å². The van der Waals surface area contributed by atoms with E-state index >= 15 is 0 Å². The van der Waals surface area contributed by atoms with Crippen molar-refractivity contribution in [2.45, 2.75) is 19.9 Å². The van der Waals surface area contributed by atoms with Gasteiger partial charge in [0.25, 0.3) is 0 Å². The van der Waals surface area contributed by atoms with E-state index in [9.17, 15) is 9.59 Å². The Morgan fingerprint density at radius 3 is 2.71 bits per heavy atom. The first kappa shape index (κ1) is 23.5. The van der Waals surface area contributed by atoms with E-state index in [1.807, 2.05) is 22.9 Å². The Morgan fingerprint density at radius 2 is 1.94 bits per heavy atom. The summed E-state index contributed by atoms with van der Waals surface area (Å²) >= 11 is 12.5. The summed E-state index contributed by atoms with van der Waals surface area (Å²) in [4.78, 5) is 31.5. The van der Waals surface area contributed by atoms with Crippen LogP contribution in [0.3, 0.4) is 0 Å². The number of amides is 1. The number of anilines is 2. The van der Waals surface area contributed by atoms with Crippen LogP contribution in [0, 0.1) is 0 Å². The lowest BCUT2D eigenvalue weighted by atomic mass is 10.3. The summed E-state index contributed by atoms with van der Waals surface area (Å²) in [5.41, 5.74) is 2.24. The maximum Gasteiger partial charge on any atom is 0.227 e. The molecule has 0 saturated heterocycles. The van der Waals surface area contributed by atoms with Gasteiger partial charge in [0.05, 0.1) is 17.0 Å². The highest BCUT2D eigenvalue weighted by Gasteiger charge is 2.12. The molecule has 0 atom stereocenters. The van der Waals surface area contributed by atoms with Crippen molar-refractivity contribution in [2.24, 2.45) is 0 Å². The molecule has 0 aliphatic heterocycles. The fourth-order valence-electron chi connectivity index (χ4n) is 3.37. The van der Waals surface area contributed by atoms with Gasteiger partial charge in [-0.1, -0.05) is 29.3 Å². The Labute approximate surface area is 205 Å². The van der Waals surface area contributed by atoms with E-state index in [-0.39, 0.29) is 18.1 Å². The molecule has 4 rings (SSSR count). The van der Waals surface area contributed by atoms with E-state index in [1.165, 1.54) is 13.3 Å². The van der Waals surface area contributed by atoms with Crippen LogP contribution in [0.5, 0.6) is 11.5 Å². The normalized spacial score (nSPS) is 10.8. The zero-order valence-corrected chi connectivity index (χ0v) is 19.7. The van der Waals surface area contributed by atoms with Gasteiger partial charge in [-0.05, 0) is 49.4 Å². The number of hydrogen-bond donors (Lipinski definition) is 2. The summed E-state index contributed by atoms with van der Waals surface area (Å²) < 4.78 is 7.76. The third-order valence-electron chi connectivity index (χ3n) is 4.85. The quantitative estimate of drug-likeness (QED) is 0.301. The molecule has 0 aliphatic rings. The molecule has 2 N–H and O–H groups in total. The molecular weight excluding hydrogens is 477 g/mol. The van der Waals surface area contributed by atoms with E-state index < -0.39 is 0 Å². The number of aromatic nitrogens is 3. The van der Waals surface area contributed by atoms with Crippen molar-refractivity contribution in [3.05, 3.63) is 71.1 Å². The molecule has 0 radical (unpaired) electrons.